The van der Waals surface area contributed by atoms with E-state index in [1.54, 1.807) is 0 Å². The van der Waals surface area contributed by atoms with E-state index in [0.29, 0.717) is 19.7 Å². The minimum atomic E-state index is 0.544. The number of amidine groups is 1. The first kappa shape index (κ1) is 21.7. The van der Waals surface area contributed by atoms with Crippen LogP contribution in [-0.2, 0) is 16.0 Å². The van der Waals surface area contributed by atoms with Crippen molar-refractivity contribution >= 4 is 33.1 Å². The highest BCUT2D eigenvalue weighted by Gasteiger charge is 2.13. The Labute approximate surface area is 191 Å². The molecule has 2 aromatic carbocycles. The summed E-state index contributed by atoms with van der Waals surface area (Å²) in [6, 6.07) is 14.1. The standard InChI is InChI=1S/C23H28BrN5O2/c24-19-4-5-21(25)22(13-19)26-14-17-2-1-3-18(12-17)23-27-15-20(16-28-23)31-11-8-29-6-9-30-10-7-29/h1-5,12-13,15,26H,6-11,14,16,25H2,(H,27,28). The van der Waals surface area contributed by atoms with Crippen LogP contribution >= 0.6 is 15.9 Å². The number of rotatable bonds is 8. The predicted molar refractivity (Wildman–Crippen MR) is 128 cm³/mol. The molecule has 0 saturated carbocycles. The van der Waals surface area contributed by atoms with E-state index in [2.05, 4.69) is 54.7 Å². The predicted octanol–water partition coefficient (Wildman–Crippen LogP) is 3.18. The summed E-state index contributed by atoms with van der Waals surface area (Å²) in [6.45, 7) is 6.36. The van der Waals surface area contributed by atoms with Crippen molar-refractivity contribution in [3.05, 3.63) is 70.0 Å². The summed E-state index contributed by atoms with van der Waals surface area (Å²) in [4.78, 5) is 7.02. The summed E-state index contributed by atoms with van der Waals surface area (Å²) < 4.78 is 12.3. The molecule has 0 spiro atoms. The fourth-order valence-electron chi connectivity index (χ4n) is 3.50. The Bertz CT molecular complexity index is 957. The van der Waals surface area contributed by atoms with E-state index in [-0.39, 0.29) is 0 Å². The lowest BCUT2D eigenvalue weighted by atomic mass is 10.1. The maximum atomic E-state index is 6.05. The van der Waals surface area contributed by atoms with Gasteiger partial charge in [-0.3, -0.25) is 9.89 Å². The second-order valence-corrected chi connectivity index (χ2v) is 8.42. The highest BCUT2D eigenvalue weighted by molar-refractivity contribution is 9.10. The summed E-state index contributed by atoms with van der Waals surface area (Å²) in [7, 11) is 0. The van der Waals surface area contributed by atoms with Crippen molar-refractivity contribution in [1.82, 2.24) is 10.2 Å². The molecule has 1 fully saturated rings. The lowest BCUT2D eigenvalue weighted by molar-refractivity contribution is 0.0273. The van der Waals surface area contributed by atoms with Gasteiger partial charge in [-0.1, -0.05) is 34.1 Å². The van der Waals surface area contributed by atoms with E-state index in [1.807, 2.05) is 30.5 Å². The summed E-state index contributed by atoms with van der Waals surface area (Å²) in [5, 5.41) is 6.67. The maximum Gasteiger partial charge on any atom is 0.133 e. The number of aliphatic imine (C=N–C) groups is 1. The van der Waals surface area contributed by atoms with Crippen LogP contribution in [0.4, 0.5) is 11.4 Å². The zero-order valence-electron chi connectivity index (χ0n) is 17.4. The molecule has 0 aromatic heterocycles. The lowest BCUT2D eigenvalue weighted by Gasteiger charge is -2.26. The van der Waals surface area contributed by atoms with Gasteiger partial charge in [0.25, 0.3) is 0 Å². The average molecular weight is 486 g/mol. The van der Waals surface area contributed by atoms with Crippen LogP contribution in [0.5, 0.6) is 0 Å². The lowest BCUT2D eigenvalue weighted by Crippen LogP contribution is -2.38. The van der Waals surface area contributed by atoms with Crippen LogP contribution in [0.25, 0.3) is 0 Å². The number of hydrogen-bond acceptors (Lipinski definition) is 7. The minimum Gasteiger partial charge on any atom is -0.493 e. The van der Waals surface area contributed by atoms with Gasteiger partial charge in [0, 0.05) is 42.4 Å². The SMILES string of the molecule is Nc1ccc(Br)cc1NCc1cccc(C2=NCC(OCCN3CCOCC3)=CN2)c1. The van der Waals surface area contributed by atoms with Crippen LogP contribution in [-0.4, -0.2) is 56.7 Å². The summed E-state index contributed by atoms with van der Waals surface area (Å²) in [6.07, 6.45) is 1.91. The van der Waals surface area contributed by atoms with E-state index in [9.17, 15) is 0 Å². The summed E-state index contributed by atoms with van der Waals surface area (Å²) in [5.41, 5.74) is 9.89. The largest absolute Gasteiger partial charge is 0.493 e. The van der Waals surface area contributed by atoms with Crippen LogP contribution in [0.15, 0.2) is 63.9 Å². The molecule has 8 heteroatoms. The van der Waals surface area contributed by atoms with Crippen molar-refractivity contribution in [1.29, 1.82) is 0 Å². The molecule has 2 aliphatic rings. The van der Waals surface area contributed by atoms with Crippen LogP contribution < -0.4 is 16.4 Å². The molecule has 7 nitrogen and oxygen atoms in total. The van der Waals surface area contributed by atoms with E-state index >= 15 is 0 Å². The number of nitrogens with zero attached hydrogens (tertiary/aromatic N) is 2. The zero-order chi connectivity index (χ0) is 21.5. The number of ether oxygens (including phenoxy) is 2. The normalized spacial score (nSPS) is 16.8. The number of halogens is 1. The Morgan fingerprint density at radius 1 is 1.19 bits per heavy atom. The number of morpholine rings is 1. The van der Waals surface area contributed by atoms with Crippen LogP contribution in [0, 0.1) is 0 Å². The van der Waals surface area contributed by atoms with Crippen molar-refractivity contribution in [3.8, 4) is 0 Å². The molecule has 1 saturated heterocycles. The molecule has 4 rings (SSSR count). The zero-order valence-corrected chi connectivity index (χ0v) is 19.0. The van der Waals surface area contributed by atoms with Gasteiger partial charge in [-0.05, 0) is 29.8 Å². The van der Waals surface area contributed by atoms with E-state index in [4.69, 9.17) is 15.2 Å². The van der Waals surface area contributed by atoms with Crippen molar-refractivity contribution in [2.75, 3.05) is 57.1 Å². The molecule has 0 atom stereocenters. The highest BCUT2D eigenvalue weighted by atomic mass is 79.9. The molecule has 0 amide bonds. The van der Waals surface area contributed by atoms with Crippen LogP contribution in [0.3, 0.4) is 0 Å². The Morgan fingerprint density at radius 2 is 2.06 bits per heavy atom. The van der Waals surface area contributed by atoms with E-state index in [0.717, 1.165) is 71.4 Å². The van der Waals surface area contributed by atoms with Gasteiger partial charge in [0.1, 0.15) is 24.7 Å². The number of hydrogen-bond donors (Lipinski definition) is 3. The molecule has 0 radical (unpaired) electrons. The quantitative estimate of drug-likeness (QED) is 0.498. The van der Waals surface area contributed by atoms with Gasteiger partial charge in [0.05, 0.1) is 24.6 Å². The third-order valence-corrected chi connectivity index (χ3v) is 5.75. The Hall–Kier alpha value is -2.55. The monoisotopic (exact) mass is 485 g/mol. The fraction of sp³-hybridized carbons (Fsp3) is 0.348. The number of benzene rings is 2. The molecule has 0 aliphatic carbocycles. The smallest absolute Gasteiger partial charge is 0.133 e. The Morgan fingerprint density at radius 3 is 2.87 bits per heavy atom. The molecule has 2 aliphatic heterocycles. The first-order valence-corrected chi connectivity index (χ1v) is 11.3. The van der Waals surface area contributed by atoms with Gasteiger partial charge < -0.3 is 25.8 Å². The summed E-state index contributed by atoms with van der Waals surface area (Å²) >= 11 is 3.48. The van der Waals surface area contributed by atoms with Crippen LogP contribution in [0.2, 0.25) is 0 Å². The van der Waals surface area contributed by atoms with Gasteiger partial charge >= 0.3 is 0 Å². The molecule has 31 heavy (non-hydrogen) atoms. The van der Waals surface area contributed by atoms with Crippen molar-refractivity contribution in [2.45, 2.75) is 6.54 Å². The van der Waals surface area contributed by atoms with Crippen molar-refractivity contribution in [3.63, 3.8) is 0 Å². The van der Waals surface area contributed by atoms with Crippen molar-refractivity contribution < 1.29 is 9.47 Å². The second-order valence-electron chi connectivity index (χ2n) is 7.51. The highest BCUT2D eigenvalue weighted by Crippen LogP contribution is 2.24. The number of anilines is 2. The van der Waals surface area contributed by atoms with E-state index < -0.39 is 0 Å². The first-order valence-electron chi connectivity index (χ1n) is 10.5. The van der Waals surface area contributed by atoms with Crippen LogP contribution in [0.1, 0.15) is 11.1 Å². The first-order chi connectivity index (χ1) is 15.2. The maximum absolute atomic E-state index is 6.05. The van der Waals surface area contributed by atoms with Gasteiger partial charge in [0.15, 0.2) is 0 Å². The molecule has 0 bridgehead atoms. The summed E-state index contributed by atoms with van der Waals surface area (Å²) in [5.74, 6) is 1.71. The second kappa shape index (κ2) is 10.7. The van der Waals surface area contributed by atoms with Crippen molar-refractivity contribution in [2.24, 2.45) is 4.99 Å². The van der Waals surface area contributed by atoms with Gasteiger partial charge in [-0.25, -0.2) is 0 Å². The third-order valence-electron chi connectivity index (χ3n) is 5.26. The number of nitrogens with two attached hydrogens (primary N) is 1. The molecule has 0 unspecified atom stereocenters. The molecular formula is C23H28BrN5O2. The topological polar surface area (TPSA) is 84.1 Å². The number of nitrogen functional groups attached to an aromatic ring is 1. The van der Waals surface area contributed by atoms with E-state index in [1.165, 1.54) is 0 Å². The molecule has 2 heterocycles. The minimum absolute atomic E-state index is 0.544. The Kier molecular flexibility index (Phi) is 7.45. The third kappa shape index (κ3) is 6.22. The number of nitrogens with one attached hydrogen (secondary N) is 2. The fourth-order valence-corrected chi connectivity index (χ4v) is 3.86. The molecule has 4 N–H and O–H groups in total. The molecular weight excluding hydrogens is 458 g/mol. The van der Waals surface area contributed by atoms with Gasteiger partial charge in [-0.15, -0.1) is 0 Å². The molecule has 164 valence electrons. The molecule has 2 aromatic rings. The van der Waals surface area contributed by atoms with Gasteiger partial charge in [0.2, 0.25) is 0 Å². The average Bonchev–Trinajstić information content (AvgIpc) is 2.81. The Balaban J connectivity index is 1.27. The van der Waals surface area contributed by atoms with Gasteiger partial charge in [-0.2, -0.15) is 0 Å².